The van der Waals surface area contributed by atoms with E-state index in [2.05, 4.69) is 170 Å². The summed E-state index contributed by atoms with van der Waals surface area (Å²) in [6.45, 7) is 0. The van der Waals surface area contributed by atoms with Crippen molar-refractivity contribution in [2.45, 2.75) is 0 Å². The third kappa shape index (κ3) is 4.11. The van der Waals surface area contributed by atoms with Crippen LogP contribution in [0, 0.1) is 0 Å². The first-order chi connectivity index (χ1) is 26.8. The van der Waals surface area contributed by atoms with Crippen molar-refractivity contribution in [3.8, 4) is 33.4 Å². The first-order valence-corrected chi connectivity index (χ1v) is 18.5. The molecule has 0 radical (unpaired) electrons. The fourth-order valence-corrected chi connectivity index (χ4v) is 9.08. The first kappa shape index (κ1) is 29.4. The van der Waals surface area contributed by atoms with Crippen LogP contribution in [0.4, 0.5) is 0 Å². The molecule has 0 aliphatic heterocycles. The number of benzene rings is 10. The van der Waals surface area contributed by atoms with Crippen LogP contribution in [0.15, 0.2) is 191 Å². The predicted octanol–water partition coefficient (Wildman–Crippen LogP) is 15.1. The van der Waals surface area contributed by atoms with Crippen molar-refractivity contribution in [3.63, 3.8) is 0 Å². The number of hydrogen-bond donors (Lipinski definition) is 0. The second-order valence-corrected chi connectivity index (χ2v) is 14.3. The molecule has 0 saturated heterocycles. The highest BCUT2D eigenvalue weighted by Gasteiger charge is 2.25. The van der Waals surface area contributed by atoms with Crippen molar-refractivity contribution in [2.75, 3.05) is 0 Å². The largest absolute Gasteiger partial charge is 0.455 e. The number of para-hydroxylation sites is 2. The third-order valence-electron chi connectivity index (χ3n) is 11.4. The molecule has 0 spiro atoms. The van der Waals surface area contributed by atoms with Gasteiger partial charge in [0.2, 0.25) is 0 Å². The lowest BCUT2D eigenvalue weighted by atomic mass is 9.83. The summed E-state index contributed by atoms with van der Waals surface area (Å²) >= 11 is 0. The maximum atomic E-state index is 6.83. The van der Waals surface area contributed by atoms with Crippen LogP contribution >= 0.6 is 0 Å². The molecule has 0 N–H and O–H groups in total. The monoisotopic (exact) mass is 686 g/mol. The van der Waals surface area contributed by atoms with Crippen LogP contribution in [0.1, 0.15) is 0 Å². The molecule has 12 aromatic rings. The molecule has 0 amide bonds. The van der Waals surface area contributed by atoms with Crippen LogP contribution in [0.5, 0.6) is 0 Å². The van der Waals surface area contributed by atoms with Gasteiger partial charge in [0, 0.05) is 27.3 Å². The molecular formula is C52H30O2. The molecule has 0 atom stereocenters. The van der Waals surface area contributed by atoms with E-state index in [9.17, 15) is 0 Å². The van der Waals surface area contributed by atoms with E-state index in [4.69, 9.17) is 8.83 Å². The van der Waals surface area contributed by atoms with Crippen molar-refractivity contribution in [3.05, 3.63) is 182 Å². The number of furan rings is 2. The van der Waals surface area contributed by atoms with Gasteiger partial charge in [0.15, 0.2) is 0 Å². The second-order valence-electron chi connectivity index (χ2n) is 14.3. The van der Waals surface area contributed by atoms with Crippen molar-refractivity contribution in [2.24, 2.45) is 0 Å². The van der Waals surface area contributed by atoms with Crippen LogP contribution in [0.2, 0.25) is 0 Å². The minimum atomic E-state index is 0.844. The minimum Gasteiger partial charge on any atom is -0.455 e. The molecule has 2 heterocycles. The number of fused-ring (bicyclic) bond motifs is 11. The molecule has 2 nitrogen and oxygen atoms in total. The molecule has 0 bridgehead atoms. The topological polar surface area (TPSA) is 26.3 Å². The van der Waals surface area contributed by atoms with Gasteiger partial charge in [-0.15, -0.1) is 0 Å². The fraction of sp³-hybridized carbons (Fsp3) is 0. The van der Waals surface area contributed by atoms with Crippen molar-refractivity contribution >= 4 is 87.0 Å². The zero-order chi connectivity index (χ0) is 35.3. The van der Waals surface area contributed by atoms with E-state index in [1.54, 1.807) is 0 Å². The Balaban J connectivity index is 1.19. The summed E-state index contributed by atoms with van der Waals surface area (Å²) in [7, 11) is 0. The molecule has 0 unspecified atom stereocenters. The highest BCUT2D eigenvalue weighted by atomic mass is 16.3. The Labute approximate surface area is 310 Å². The fourth-order valence-electron chi connectivity index (χ4n) is 9.08. The highest BCUT2D eigenvalue weighted by Crippen LogP contribution is 2.50. The van der Waals surface area contributed by atoms with Gasteiger partial charge in [-0.25, -0.2) is 0 Å². The second kappa shape index (κ2) is 11.2. The quantitative estimate of drug-likeness (QED) is 0.173. The smallest absolute Gasteiger partial charge is 0.147 e. The summed E-state index contributed by atoms with van der Waals surface area (Å²) < 4.78 is 13.5. The van der Waals surface area contributed by atoms with E-state index in [0.29, 0.717) is 0 Å². The van der Waals surface area contributed by atoms with Crippen LogP contribution in [-0.2, 0) is 0 Å². The minimum absolute atomic E-state index is 0.844. The van der Waals surface area contributed by atoms with Gasteiger partial charge in [-0.3, -0.25) is 0 Å². The summed E-state index contributed by atoms with van der Waals surface area (Å²) in [5, 5.41) is 14.0. The predicted molar refractivity (Wildman–Crippen MR) is 227 cm³/mol. The normalized spacial score (nSPS) is 12.1. The molecule has 12 rings (SSSR count). The van der Waals surface area contributed by atoms with Gasteiger partial charge in [0.25, 0.3) is 0 Å². The van der Waals surface area contributed by atoms with Crippen molar-refractivity contribution in [1.29, 1.82) is 0 Å². The highest BCUT2D eigenvalue weighted by molar-refractivity contribution is 6.30. The van der Waals surface area contributed by atoms with E-state index in [0.717, 1.165) is 49.4 Å². The van der Waals surface area contributed by atoms with Crippen LogP contribution in [-0.4, -0.2) is 0 Å². The van der Waals surface area contributed by atoms with E-state index >= 15 is 0 Å². The lowest BCUT2D eigenvalue weighted by Crippen LogP contribution is -1.93. The zero-order valence-electron chi connectivity index (χ0n) is 29.1. The summed E-state index contributed by atoms with van der Waals surface area (Å²) in [6, 6.07) is 65.6. The van der Waals surface area contributed by atoms with Gasteiger partial charge in [-0.2, -0.15) is 0 Å². The summed E-state index contributed by atoms with van der Waals surface area (Å²) in [5.41, 5.74) is 10.6. The molecule has 0 fully saturated rings. The van der Waals surface area contributed by atoms with E-state index in [-0.39, 0.29) is 0 Å². The van der Waals surface area contributed by atoms with E-state index in [1.807, 2.05) is 12.1 Å². The standard InChI is InChI=1S/C52H30O2/c1-2-14-32-29-33(26-25-31(32)13-1)34-27-28-42(36-16-4-3-15-35(34)36)48-38-18-5-7-20-40(38)49(41-21-8-6-19-39(41)48)45-30-44-37-17-9-11-23-46(37)53-51(44)50-43-22-10-12-24-47(43)54-52(45)50/h1-30H. The summed E-state index contributed by atoms with van der Waals surface area (Å²) in [4.78, 5) is 0. The van der Waals surface area contributed by atoms with Gasteiger partial charge in [0.05, 0.1) is 5.39 Å². The lowest BCUT2D eigenvalue weighted by molar-refractivity contribution is 0.663. The Morgan fingerprint density at radius 3 is 1.44 bits per heavy atom. The molecule has 54 heavy (non-hydrogen) atoms. The molecule has 10 aromatic carbocycles. The van der Waals surface area contributed by atoms with Gasteiger partial charge < -0.3 is 8.83 Å². The average molecular weight is 687 g/mol. The molecule has 0 aliphatic carbocycles. The molecule has 250 valence electrons. The van der Waals surface area contributed by atoms with Crippen LogP contribution < -0.4 is 0 Å². The van der Waals surface area contributed by atoms with Gasteiger partial charge >= 0.3 is 0 Å². The molecule has 2 aromatic heterocycles. The Bertz CT molecular complexity index is 3450. The number of hydrogen-bond acceptors (Lipinski definition) is 2. The molecule has 2 heteroatoms. The first-order valence-electron chi connectivity index (χ1n) is 18.5. The average Bonchev–Trinajstić information content (AvgIpc) is 3.81. The Hall–Kier alpha value is -7.16. The van der Waals surface area contributed by atoms with Crippen molar-refractivity contribution < 1.29 is 8.83 Å². The van der Waals surface area contributed by atoms with E-state index < -0.39 is 0 Å². The maximum absolute atomic E-state index is 6.83. The SMILES string of the molecule is c1ccc2cc(-c3ccc(-c4c5ccccc5c(-c5cc6c7ccccc7oc6c6c5oc5ccccc56)c5ccccc45)c4ccccc34)ccc2c1. The number of rotatable bonds is 3. The van der Waals surface area contributed by atoms with Crippen molar-refractivity contribution in [1.82, 2.24) is 0 Å². The maximum Gasteiger partial charge on any atom is 0.147 e. The molecular weight excluding hydrogens is 657 g/mol. The van der Waals surface area contributed by atoms with Gasteiger partial charge in [-0.05, 0) is 89.6 Å². The lowest BCUT2D eigenvalue weighted by Gasteiger charge is -2.20. The molecule has 0 saturated carbocycles. The Morgan fingerprint density at radius 1 is 0.278 bits per heavy atom. The molecule has 0 aliphatic rings. The van der Waals surface area contributed by atoms with Crippen LogP contribution in [0.25, 0.3) is 120 Å². The zero-order valence-corrected chi connectivity index (χ0v) is 29.1. The summed E-state index contributed by atoms with van der Waals surface area (Å²) in [6.07, 6.45) is 0. The Morgan fingerprint density at radius 2 is 0.759 bits per heavy atom. The van der Waals surface area contributed by atoms with Gasteiger partial charge in [-0.1, -0.05) is 158 Å². The van der Waals surface area contributed by atoms with Gasteiger partial charge in [0.1, 0.15) is 22.3 Å². The summed E-state index contributed by atoms with van der Waals surface area (Å²) in [5.74, 6) is 0. The Kier molecular flexibility index (Phi) is 6.09. The van der Waals surface area contributed by atoms with E-state index in [1.165, 1.54) is 70.9 Å². The third-order valence-corrected chi connectivity index (χ3v) is 11.4. The van der Waals surface area contributed by atoms with Crippen LogP contribution in [0.3, 0.4) is 0 Å².